The minimum absolute atomic E-state index is 0.595. The molecule has 0 aliphatic carbocycles. The molecule has 1 aromatic heterocycles. The zero-order valence-electron chi connectivity index (χ0n) is 8.45. The van der Waals surface area contributed by atoms with Gasteiger partial charge in [0, 0.05) is 12.6 Å². The number of rotatable bonds is 3. The van der Waals surface area contributed by atoms with Crippen LogP contribution in [0.15, 0.2) is 12.1 Å². The summed E-state index contributed by atoms with van der Waals surface area (Å²) in [7, 11) is 0. The van der Waals surface area contributed by atoms with Gasteiger partial charge in [0.05, 0.1) is 5.69 Å². The molecule has 1 aliphatic rings. The highest BCUT2D eigenvalue weighted by Gasteiger charge is 2.13. The van der Waals surface area contributed by atoms with Crippen LogP contribution in [0, 0.1) is 6.92 Å². The molecule has 0 spiro atoms. The van der Waals surface area contributed by atoms with Crippen LogP contribution in [0.3, 0.4) is 0 Å². The molecule has 0 saturated carbocycles. The lowest BCUT2D eigenvalue weighted by Crippen LogP contribution is -2.29. The number of hydrogen-bond acceptors (Lipinski definition) is 4. The average molecular weight is 192 g/mol. The lowest BCUT2D eigenvalue weighted by Gasteiger charge is -2.11. The van der Waals surface area contributed by atoms with Gasteiger partial charge < -0.3 is 10.6 Å². The predicted molar refractivity (Wildman–Crippen MR) is 56.3 cm³/mol. The van der Waals surface area contributed by atoms with Crippen molar-refractivity contribution in [3.8, 4) is 0 Å². The Labute approximate surface area is 84.1 Å². The molecule has 0 bridgehead atoms. The van der Waals surface area contributed by atoms with Crippen LogP contribution in [0.2, 0.25) is 0 Å². The average Bonchev–Trinajstić information content (AvgIpc) is 2.70. The summed E-state index contributed by atoms with van der Waals surface area (Å²) in [6, 6.07) is 4.53. The Morgan fingerprint density at radius 1 is 1.50 bits per heavy atom. The van der Waals surface area contributed by atoms with Crippen molar-refractivity contribution in [1.29, 1.82) is 0 Å². The molecule has 4 heteroatoms. The molecule has 1 saturated heterocycles. The van der Waals surface area contributed by atoms with E-state index in [9.17, 15) is 0 Å². The van der Waals surface area contributed by atoms with E-state index in [0.29, 0.717) is 6.04 Å². The van der Waals surface area contributed by atoms with Gasteiger partial charge in [-0.05, 0) is 38.4 Å². The summed E-state index contributed by atoms with van der Waals surface area (Å²) in [6.45, 7) is 4.03. The Kier molecular flexibility index (Phi) is 2.93. The van der Waals surface area contributed by atoms with Crippen molar-refractivity contribution in [3.63, 3.8) is 0 Å². The van der Waals surface area contributed by atoms with Gasteiger partial charge in [0.25, 0.3) is 0 Å². The summed E-state index contributed by atoms with van der Waals surface area (Å²) in [5.41, 5.74) is 0.953. The van der Waals surface area contributed by atoms with Crippen LogP contribution in [0.25, 0.3) is 0 Å². The van der Waals surface area contributed by atoms with E-state index in [-0.39, 0.29) is 0 Å². The minimum Gasteiger partial charge on any atom is -0.367 e. The summed E-state index contributed by atoms with van der Waals surface area (Å²) < 4.78 is 0. The standard InChI is InChI=1S/C10H16N4/c1-8-4-5-10(14-13-8)12-7-9-3-2-6-11-9/h4-5,9,11H,2-3,6-7H2,1H3,(H,12,14)/t9-/m1/s1. The molecule has 14 heavy (non-hydrogen) atoms. The first-order valence-corrected chi connectivity index (χ1v) is 5.12. The van der Waals surface area contributed by atoms with Crippen molar-refractivity contribution in [3.05, 3.63) is 17.8 Å². The maximum atomic E-state index is 4.05. The summed E-state index contributed by atoms with van der Waals surface area (Å²) in [5.74, 6) is 0.865. The smallest absolute Gasteiger partial charge is 0.148 e. The van der Waals surface area contributed by atoms with Crippen LogP contribution in [-0.2, 0) is 0 Å². The molecular weight excluding hydrogens is 176 g/mol. The van der Waals surface area contributed by atoms with Gasteiger partial charge in [-0.25, -0.2) is 0 Å². The van der Waals surface area contributed by atoms with E-state index >= 15 is 0 Å². The molecule has 76 valence electrons. The first-order chi connectivity index (χ1) is 6.84. The lowest BCUT2D eigenvalue weighted by atomic mass is 10.2. The van der Waals surface area contributed by atoms with Crippen LogP contribution in [-0.4, -0.2) is 29.3 Å². The van der Waals surface area contributed by atoms with Gasteiger partial charge in [0.1, 0.15) is 5.82 Å². The highest BCUT2D eigenvalue weighted by Crippen LogP contribution is 2.06. The third kappa shape index (κ3) is 2.42. The molecule has 0 unspecified atom stereocenters. The SMILES string of the molecule is Cc1ccc(NC[C@H]2CCCN2)nn1. The molecule has 0 radical (unpaired) electrons. The highest BCUT2D eigenvalue weighted by molar-refractivity contribution is 5.32. The van der Waals surface area contributed by atoms with Crippen molar-refractivity contribution in [1.82, 2.24) is 15.5 Å². The Morgan fingerprint density at radius 3 is 3.07 bits per heavy atom. The van der Waals surface area contributed by atoms with Crippen LogP contribution < -0.4 is 10.6 Å². The molecule has 1 aliphatic heterocycles. The van der Waals surface area contributed by atoms with Crippen molar-refractivity contribution in [2.75, 3.05) is 18.4 Å². The Bertz CT molecular complexity index is 277. The third-order valence-electron chi connectivity index (χ3n) is 2.49. The lowest BCUT2D eigenvalue weighted by molar-refractivity contribution is 0.632. The molecule has 2 rings (SSSR count). The van der Waals surface area contributed by atoms with Gasteiger partial charge in [-0.2, -0.15) is 5.10 Å². The number of nitrogens with one attached hydrogen (secondary N) is 2. The van der Waals surface area contributed by atoms with Gasteiger partial charge >= 0.3 is 0 Å². The van der Waals surface area contributed by atoms with Crippen molar-refractivity contribution in [2.24, 2.45) is 0 Å². The molecule has 2 N–H and O–H groups in total. The topological polar surface area (TPSA) is 49.8 Å². The van der Waals surface area contributed by atoms with E-state index in [1.165, 1.54) is 12.8 Å². The molecule has 1 fully saturated rings. The molecular formula is C10H16N4. The number of aromatic nitrogens is 2. The van der Waals surface area contributed by atoms with Gasteiger partial charge in [0.2, 0.25) is 0 Å². The van der Waals surface area contributed by atoms with Gasteiger partial charge in [0.15, 0.2) is 0 Å². The van der Waals surface area contributed by atoms with E-state index in [1.54, 1.807) is 0 Å². The molecule has 1 aromatic rings. The Morgan fingerprint density at radius 2 is 2.43 bits per heavy atom. The number of aryl methyl sites for hydroxylation is 1. The fourth-order valence-corrected chi connectivity index (χ4v) is 1.65. The molecule has 4 nitrogen and oxygen atoms in total. The first kappa shape index (κ1) is 9.40. The number of hydrogen-bond donors (Lipinski definition) is 2. The highest BCUT2D eigenvalue weighted by atomic mass is 15.2. The summed E-state index contributed by atoms with van der Waals surface area (Å²) >= 11 is 0. The number of nitrogens with zero attached hydrogens (tertiary/aromatic N) is 2. The molecule has 2 heterocycles. The van der Waals surface area contributed by atoms with Crippen LogP contribution >= 0.6 is 0 Å². The zero-order chi connectivity index (χ0) is 9.80. The minimum atomic E-state index is 0.595. The zero-order valence-corrected chi connectivity index (χ0v) is 8.45. The Hall–Kier alpha value is -1.16. The van der Waals surface area contributed by atoms with Crippen molar-refractivity contribution in [2.45, 2.75) is 25.8 Å². The predicted octanol–water partition coefficient (Wildman–Crippen LogP) is 0.949. The van der Waals surface area contributed by atoms with Gasteiger partial charge in [-0.1, -0.05) is 0 Å². The van der Waals surface area contributed by atoms with Gasteiger partial charge in [-0.3, -0.25) is 0 Å². The quantitative estimate of drug-likeness (QED) is 0.748. The molecule has 0 amide bonds. The monoisotopic (exact) mass is 192 g/mol. The Balaban J connectivity index is 1.82. The second kappa shape index (κ2) is 4.37. The summed E-state index contributed by atoms with van der Waals surface area (Å²) in [6.07, 6.45) is 2.54. The maximum Gasteiger partial charge on any atom is 0.148 e. The van der Waals surface area contributed by atoms with E-state index in [4.69, 9.17) is 0 Å². The van der Waals surface area contributed by atoms with Crippen molar-refractivity contribution >= 4 is 5.82 Å². The van der Waals surface area contributed by atoms with E-state index in [1.807, 2.05) is 19.1 Å². The van der Waals surface area contributed by atoms with E-state index < -0.39 is 0 Å². The molecule has 1 atom stereocenters. The number of anilines is 1. The van der Waals surface area contributed by atoms with Crippen LogP contribution in [0.4, 0.5) is 5.82 Å². The second-order valence-electron chi connectivity index (χ2n) is 3.73. The van der Waals surface area contributed by atoms with Gasteiger partial charge in [-0.15, -0.1) is 5.10 Å². The van der Waals surface area contributed by atoms with Crippen molar-refractivity contribution < 1.29 is 0 Å². The largest absolute Gasteiger partial charge is 0.367 e. The summed E-state index contributed by atoms with van der Waals surface area (Å²) in [5, 5.41) is 14.7. The normalized spacial score (nSPS) is 21.1. The first-order valence-electron chi connectivity index (χ1n) is 5.12. The fourth-order valence-electron chi connectivity index (χ4n) is 1.65. The van der Waals surface area contributed by atoms with E-state index in [2.05, 4.69) is 20.8 Å². The van der Waals surface area contributed by atoms with Crippen LogP contribution in [0.1, 0.15) is 18.5 Å². The van der Waals surface area contributed by atoms with Crippen LogP contribution in [0.5, 0.6) is 0 Å². The fraction of sp³-hybridized carbons (Fsp3) is 0.600. The third-order valence-corrected chi connectivity index (χ3v) is 2.49. The maximum absolute atomic E-state index is 4.05. The second-order valence-corrected chi connectivity index (χ2v) is 3.73. The summed E-state index contributed by atoms with van der Waals surface area (Å²) in [4.78, 5) is 0. The van der Waals surface area contributed by atoms with E-state index in [0.717, 1.165) is 24.6 Å². The molecule has 0 aromatic carbocycles.